The maximum Gasteiger partial charge on any atom is 0.241 e. The number of carbonyl (C=O) groups is 1. The van der Waals surface area contributed by atoms with Crippen molar-refractivity contribution >= 4 is 23.2 Å². The van der Waals surface area contributed by atoms with Gasteiger partial charge in [0.05, 0.1) is 31.0 Å². The number of amides is 1. The zero-order valence-electron chi connectivity index (χ0n) is 13.4. The van der Waals surface area contributed by atoms with Crippen molar-refractivity contribution in [1.82, 2.24) is 4.90 Å². The molecule has 0 radical (unpaired) electrons. The number of halogens is 1. The van der Waals surface area contributed by atoms with Crippen LogP contribution in [0.2, 0.25) is 5.02 Å². The molecule has 0 spiro atoms. The molecule has 122 valence electrons. The minimum Gasteiger partial charge on any atom is -0.495 e. The van der Waals surface area contributed by atoms with Crippen LogP contribution in [0.3, 0.4) is 0 Å². The van der Waals surface area contributed by atoms with Crippen LogP contribution in [0.5, 0.6) is 5.75 Å². The van der Waals surface area contributed by atoms with Gasteiger partial charge in [-0.15, -0.1) is 0 Å². The second kappa shape index (κ2) is 7.31. The van der Waals surface area contributed by atoms with Gasteiger partial charge in [-0.1, -0.05) is 11.6 Å². The molecule has 1 heterocycles. The molecule has 5 nitrogen and oxygen atoms in total. The highest BCUT2D eigenvalue weighted by Gasteiger charge is 2.29. The number of ether oxygens (including phenoxy) is 2. The van der Waals surface area contributed by atoms with Crippen LogP contribution in [-0.4, -0.2) is 49.3 Å². The quantitative estimate of drug-likeness (QED) is 0.924. The maximum atomic E-state index is 12.5. The summed E-state index contributed by atoms with van der Waals surface area (Å²) in [6, 6.07) is 4.90. The molecule has 1 aromatic rings. The Bertz CT molecular complexity index is 528. The Kier molecular flexibility index (Phi) is 5.67. The highest BCUT2D eigenvalue weighted by Crippen LogP contribution is 2.28. The number of rotatable bonds is 4. The summed E-state index contributed by atoms with van der Waals surface area (Å²) in [5.74, 6) is 0.510. The van der Waals surface area contributed by atoms with E-state index in [4.69, 9.17) is 21.1 Å². The summed E-state index contributed by atoms with van der Waals surface area (Å²) < 4.78 is 11.0. The molecule has 1 N–H and O–H groups in total. The maximum absolute atomic E-state index is 12.5. The van der Waals surface area contributed by atoms with Gasteiger partial charge in [-0.25, -0.2) is 0 Å². The van der Waals surface area contributed by atoms with Crippen molar-refractivity contribution in [3.63, 3.8) is 0 Å². The molecule has 3 atom stereocenters. The van der Waals surface area contributed by atoms with Crippen LogP contribution in [0.25, 0.3) is 0 Å². The SMILES string of the molecule is COc1ccc(Cl)cc1NC(=O)[C@H](C)N1C[C@@H](C)O[C@@H](C)C1. The van der Waals surface area contributed by atoms with Crippen molar-refractivity contribution in [3.05, 3.63) is 23.2 Å². The Labute approximate surface area is 136 Å². The second-order valence-electron chi connectivity index (χ2n) is 5.72. The molecule has 2 rings (SSSR count). The Hall–Kier alpha value is -1.30. The summed E-state index contributed by atoms with van der Waals surface area (Å²) in [7, 11) is 1.56. The predicted octanol–water partition coefficient (Wildman–Crippen LogP) is 2.78. The van der Waals surface area contributed by atoms with E-state index in [1.54, 1.807) is 25.3 Å². The predicted molar refractivity (Wildman–Crippen MR) is 87.7 cm³/mol. The second-order valence-corrected chi connectivity index (χ2v) is 6.16. The van der Waals surface area contributed by atoms with Crippen molar-refractivity contribution in [3.8, 4) is 5.75 Å². The van der Waals surface area contributed by atoms with Crippen molar-refractivity contribution in [2.75, 3.05) is 25.5 Å². The Morgan fingerprint density at radius 2 is 2.05 bits per heavy atom. The lowest BCUT2D eigenvalue weighted by Gasteiger charge is -2.38. The first-order valence-electron chi connectivity index (χ1n) is 7.44. The molecule has 22 heavy (non-hydrogen) atoms. The van der Waals surface area contributed by atoms with E-state index in [0.717, 1.165) is 13.1 Å². The number of morpholine rings is 1. The summed E-state index contributed by atoms with van der Waals surface area (Å²) in [5.41, 5.74) is 0.584. The number of hydrogen-bond donors (Lipinski definition) is 1. The van der Waals surface area contributed by atoms with Crippen LogP contribution in [0.15, 0.2) is 18.2 Å². The summed E-state index contributed by atoms with van der Waals surface area (Å²) in [6.07, 6.45) is 0.249. The summed E-state index contributed by atoms with van der Waals surface area (Å²) in [6.45, 7) is 7.43. The van der Waals surface area contributed by atoms with Gasteiger partial charge >= 0.3 is 0 Å². The van der Waals surface area contributed by atoms with Crippen LogP contribution < -0.4 is 10.1 Å². The number of nitrogens with zero attached hydrogens (tertiary/aromatic N) is 1. The molecule has 0 bridgehead atoms. The third-order valence-corrected chi connectivity index (χ3v) is 4.03. The molecular formula is C16H23ClN2O3. The molecule has 0 unspecified atom stereocenters. The first kappa shape index (κ1) is 17.1. The van der Waals surface area contributed by atoms with E-state index in [1.807, 2.05) is 20.8 Å². The van der Waals surface area contributed by atoms with Crippen molar-refractivity contribution in [2.45, 2.75) is 39.0 Å². The normalized spacial score (nSPS) is 23.9. The standard InChI is InChI=1S/C16H23ClN2O3/c1-10-8-19(9-11(2)22-10)12(3)16(20)18-14-7-13(17)5-6-15(14)21-4/h5-7,10-12H,8-9H2,1-4H3,(H,18,20)/t10-,11+,12-/m0/s1. The monoisotopic (exact) mass is 326 g/mol. The van der Waals surface area contributed by atoms with Gasteiger partial charge in [-0.2, -0.15) is 0 Å². The van der Waals surface area contributed by atoms with Crippen LogP contribution in [0.4, 0.5) is 5.69 Å². The van der Waals surface area contributed by atoms with Gasteiger partial charge in [0, 0.05) is 18.1 Å². The molecule has 0 saturated carbocycles. The van der Waals surface area contributed by atoms with E-state index >= 15 is 0 Å². The highest BCUT2D eigenvalue weighted by atomic mass is 35.5. The number of carbonyl (C=O) groups excluding carboxylic acids is 1. The third-order valence-electron chi connectivity index (χ3n) is 3.79. The number of anilines is 1. The molecule has 1 saturated heterocycles. The summed E-state index contributed by atoms with van der Waals surface area (Å²) >= 11 is 5.99. The zero-order chi connectivity index (χ0) is 16.3. The van der Waals surface area contributed by atoms with Crippen LogP contribution in [0.1, 0.15) is 20.8 Å². The largest absolute Gasteiger partial charge is 0.495 e. The molecular weight excluding hydrogens is 304 g/mol. The first-order chi connectivity index (χ1) is 10.4. The lowest BCUT2D eigenvalue weighted by Crippen LogP contribution is -2.52. The minimum absolute atomic E-state index is 0.0816. The lowest BCUT2D eigenvalue weighted by molar-refractivity contribution is -0.126. The molecule has 1 aliphatic rings. The molecule has 1 amide bonds. The van der Waals surface area contributed by atoms with Gasteiger partial charge in [-0.3, -0.25) is 9.69 Å². The molecule has 1 aliphatic heterocycles. The van der Waals surface area contributed by atoms with Gasteiger partial charge < -0.3 is 14.8 Å². The van der Waals surface area contributed by atoms with Crippen molar-refractivity contribution < 1.29 is 14.3 Å². The van der Waals surface area contributed by atoms with E-state index in [1.165, 1.54) is 0 Å². The first-order valence-corrected chi connectivity index (χ1v) is 7.82. The van der Waals surface area contributed by atoms with E-state index in [2.05, 4.69) is 10.2 Å². The number of nitrogens with one attached hydrogen (secondary N) is 1. The Morgan fingerprint density at radius 3 is 2.64 bits per heavy atom. The third kappa shape index (κ3) is 4.12. The number of hydrogen-bond acceptors (Lipinski definition) is 4. The molecule has 1 fully saturated rings. The smallest absolute Gasteiger partial charge is 0.241 e. The van der Waals surface area contributed by atoms with Crippen LogP contribution in [-0.2, 0) is 9.53 Å². The van der Waals surface area contributed by atoms with Crippen LogP contribution in [0, 0.1) is 0 Å². The van der Waals surface area contributed by atoms with Crippen molar-refractivity contribution in [1.29, 1.82) is 0 Å². The van der Waals surface area contributed by atoms with Gasteiger partial charge in [-0.05, 0) is 39.0 Å². The Balaban J connectivity index is 2.07. The number of benzene rings is 1. The molecule has 1 aromatic carbocycles. The molecule has 0 aliphatic carbocycles. The van der Waals surface area contributed by atoms with Crippen LogP contribution >= 0.6 is 11.6 Å². The fraction of sp³-hybridized carbons (Fsp3) is 0.562. The molecule has 0 aromatic heterocycles. The van der Waals surface area contributed by atoms with Gasteiger partial charge in [0.2, 0.25) is 5.91 Å². The average molecular weight is 327 g/mol. The average Bonchev–Trinajstić information content (AvgIpc) is 2.45. The summed E-state index contributed by atoms with van der Waals surface area (Å²) in [5, 5.41) is 3.45. The Morgan fingerprint density at radius 1 is 1.41 bits per heavy atom. The van der Waals surface area contributed by atoms with E-state index in [9.17, 15) is 4.79 Å². The van der Waals surface area contributed by atoms with Crippen molar-refractivity contribution in [2.24, 2.45) is 0 Å². The van der Waals surface area contributed by atoms with Gasteiger partial charge in [0.1, 0.15) is 5.75 Å². The molecule has 6 heteroatoms. The lowest BCUT2D eigenvalue weighted by atomic mass is 10.1. The zero-order valence-corrected chi connectivity index (χ0v) is 14.2. The number of methoxy groups -OCH3 is 1. The van der Waals surface area contributed by atoms with E-state index in [0.29, 0.717) is 16.5 Å². The minimum atomic E-state index is -0.252. The topological polar surface area (TPSA) is 50.8 Å². The fourth-order valence-corrected chi connectivity index (χ4v) is 2.89. The fourth-order valence-electron chi connectivity index (χ4n) is 2.71. The van der Waals surface area contributed by atoms with E-state index < -0.39 is 0 Å². The summed E-state index contributed by atoms with van der Waals surface area (Å²) in [4.78, 5) is 14.6. The van der Waals surface area contributed by atoms with E-state index in [-0.39, 0.29) is 24.2 Å². The highest BCUT2D eigenvalue weighted by molar-refractivity contribution is 6.31. The van der Waals surface area contributed by atoms with Gasteiger partial charge in [0.25, 0.3) is 0 Å². The van der Waals surface area contributed by atoms with Gasteiger partial charge in [0.15, 0.2) is 0 Å².